The summed E-state index contributed by atoms with van der Waals surface area (Å²) >= 11 is 6.12. The number of halogens is 1. The number of methoxy groups -OCH3 is 2. The lowest BCUT2D eigenvalue weighted by Crippen LogP contribution is -2.27. The normalized spacial score (nSPS) is 12.0. The average molecular weight is 376 g/mol. The van der Waals surface area contributed by atoms with E-state index in [1.165, 1.54) is 0 Å². The molecule has 26 heavy (non-hydrogen) atoms. The molecule has 0 radical (unpaired) electrons. The lowest BCUT2D eigenvalue weighted by Gasteiger charge is -2.21. The third kappa shape index (κ3) is 4.31. The number of carbonyl (C=O) groups excluding carboxylic acids is 1. The summed E-state index contributed by atoms with van der Waals surface area (Å²) in [6, 6.07) is 9.00. The van der Waals surface area contributed by atoms with Crippen molar-refractivity contribution < 1.29 is 14.3 Å². The molecule has 4 nitrogen and oxygen atoms in total. The van der Waals surface area contributed by atoms with E-state index in [0.29, 0.717) is 22.3 Å². The molecule has 0 bridgehead atoms. The Morgan fingerprint density at radius 2 is 1.65 bits per heavy atom. The number of rotatable bonds is 6. The predicted molar refractivity (Wildman–Crippen MR) is 106 cm³/mol. The Kier molecular flexibility index (Phi) is 6.54. The van der Waals surface area contributed by atoms with Crippen LogP contribution in [0.5, 0.6) is 11.5 Å². The van der Waals surface area contributed by atoms with Crippen LogP contribution in [0, 0.1) is 6.92 Å². The number of nitrogens with one attached hydrogen (secondary N) is 1. The summed E-state index contributed by atoms with van der Waals surface area (Å²) in [5, 5.41) is 3.45. The van der Waals surface area contributed by atoms with E-state index in [1.807, 2.05) is 19.9 Å². The van der Waals surface area contributed by atoms with Crippen LogP contribution in [0.1, 0.15) is 59.8 Å². The van der Waals surface area contributed by atoms with Gasteiger partial charge in [-0.3, -0.25) is 4.79 Å². The highest BCUT2D eigenvalue weighted by molar-refractivity contribution is 6.32. The van der Waals surface area contributed by atoms with Crippen LogP contribution in [-0.4, -0.2) is 20.1 Å². The number of aryl methyl sites for hydroxylation is 1. The minimum atomic E-state index is -0.177. The molecule has 0 aromatic heterocycles. The van der Waals surface area contributed by atoms with Gasteiger partial charge in [-0.15, -0.1) is 0 Å². The monoisotopic (exact) mass is 375 g/mol. The number of amides is 1. The Morgan fingerprint density at radius 3 is 2.19 bits per heavy atom. The molecule has 0 fully saturated rings. The average Bonchev–Trinajstić information content (AvgIpc) is 2.60. The fourth-order valence-electron chi connectivity index (χ4n) is 2.98. The summed E-state index contributed by atoms with van der Waals surface area (Å²) in [4.78, 5) is 12.6. The molecule has 0 heterocycles. The van der Waals surface area contributed by atoms with Crippen molar-refractivity contribution in [3.63, 3.8) is 0 Å². The lowest BCUT2D eigenvalue weighted by molar-refractivity contribution is 0.0940. The molecule has 2 aromatic rings. The van der Waals surface area contributed by atoms with Crippen molar-refractivity contribution in [2.45, 2.75) is 39.7 Å². The van der Waals surface area contributed by atoms with E-state index >= 15 is 0 Å². The number of carbonyl (C=O) groups is 1. The van der Waals surface area contributed by atoms with Crippen molar-refractivity contribution in [2.75, 3.05) is 14.2 Å². The largest absolute Gasteiger partial charge is 0.496 e. The van der Waals surface area contributed by atoms with Crippen LogP contribution in [-0.2, 0) is 0 Å². The molecule has 0 aliphatic rings. The van der Waals surface area contributed by atoms with Gasteiger partial charge in [0.15, 0.2) is 0 Å². The van der Waals surface area contributed by atoms with Crippen molar-refractivity contribution in [2.24, 2.45) is 0 Å². The molecule has 5 heteroatoms. The standard InChI is InChI=1S/C21H26ClNO3/c1-12(2)16-11-17(13(3)9-20(16)26-6)14(4)23-21(24)15-7-8-19(25-5)18(22)10-15/h7-12,14H,1-6H3,(H,23,24)/t14-/m0/s1. The first-order valence-electron chi connectivity index (χ1n) is 8.61. The number of ether oxygens (including phenoxy) is 2. The molecule has 0 aliphatic heterocycles. The van der Waals surface area contributed by atoms with E-state index < -0.39 is 0 Å². The van der Waals surface area contributed by atoms with Crippen LogP contribution in [0.4, 0.5) is 0 Å². The van der Waals surface area contributed by atoms with E-state index in [0.717, 1.165) is 22.4 Å². The first-order chi connectivity index (χ1) is 12.3. The van der Waals surface area contributed by atoms with E-state index in [2.05, 4.69) is 25.2 Å². The fourth-order valence-corrected chi connectivity index (χ4v) is 3.23. The van der Waals surface area contributed by atoms with Gasteiger partial charge in [0.25, 0.3) is 5.91 Å². The van der Waals surface area contributed by atoms with Gasteiger partial charge >= 0.3 is 0 Å². The summed E-state index contributed by atoms with van der Waals surface area (Å²) < 4.78 is 10.6. The van der Waals surface area contributed by atoms with Crippen LogP contribution >= 0.6 is 11.6 Å². The van der Waals surface area contributed by atoms with Gasteiger partial charge in [-0.05, 0) is 66.8 Å². The van der Waals surface area contributed by atoms with Crippen LogP contribution < -0.4 is 14.8 Å². The highest BCUT2D eigenvalue weighted by Gasteiger charge is 2.18. The van der Waals surface area contributed by atoms with Crippen LogP contribution in [0.25, 0.3) is 0 Å². The van der Waals surface area contributed by atoms with Crippen molar-refractivity contribution in [3.8, 4) is 11.5 Å². The van der Waals surface area contributed by atoms with E-state index in [4.69, 9.17) is 21.1 Å². The molecule has 1 N–H and O–H groups in total. The molecular weight excluding hydrogens is 350 g/mol. The predicted octanol–water partition coefficient (Wildman–Crippen LogP) is 5.28. The van der Waals surface area contributed by atoms with Gasteiger partial charge in [-0.2, -0.15) is 0 Å². The second kappa shape index (κ2) is 8.45. The maximum Gasteiger partial charge on any atom is 0.251 e. The molecule has 0 spiro atoms. The van der Waals surface area contributed by atoms with Crippen molar-refractivity contribution in [3.05, 3.63) is 57.6 Å². The zero-order valence-corrected chi connectivity index (χ0v) is 16.9. The number of benzene rings is 2. The summed E-state index contributed by atoms with van der Waals surface area (Å²) in [6.07, 6.45) is 0. The van der Waals surface area contributed by atoms with Crippen molar-refractivity contribution in [1.29, 1.82) is 0 Å². The highest BCUT2D eigenvalue weighted by atomic mass is 35.5. The summed E-state index contributed by atoms with van der Waals surface area (Å²) in [6.45, 7) is 8.25. The molecule has 2 rings (SSSR count). The van der Waals surface area contributed by atoms with Gasteiger partial charge in [0.05, 0.1) is 25.3 Å². The topological polar surface area (TPSA) is 47.6 Å². The molecule has 0 aliphatic carbocycles. The van der Waals surface area contributed by atoms with Gasteiger partial charge in [0.1, 0.15) is 11.5 Å². The van der Waals surface area contributed by atoms with E-state index in [-0.39, 0.29) is 11.9 Å². The molecule has 140 valence electrons. The van der Waals surface area contributed by atoms with Crippen LogP contribution in [0.3, 0.4) is 0 Å². The minimum Gasteiger partial charge on any atom is -0.496 e. The summed E-state index contributed by atoms with van der Waals surface area (Å²) in [5.74, 6) is 1.57. The Hall–Kier alpha value is -2.20. The van der Waals surface area contributed by atoms with Crippen LogP contribution in [0.15, 0.2) is 30.3 Å². The second-order valence-corrected chi connectivity index (χ2v) is 7.06. The molecule has 2 aromatic carbocycles. The van der Waals surface area contributed by atoms with Gasteiger partial charge in [-0.1, -0.05) is 25.4 Å². The Labute approximate surface area is 160 Å². The third-order valence-electron chi connectivity index (χ3n) is 4.47. The minimum absolute atomic E-state index is 0.146. The molecule has 1 atom stereocenters. The lowest BCUT2D eigenvalue weighted by atomic mass is 9.93. The van der Waals surface area contributed by atoms with Crippen molar-refractivity contribution in [1.82, 2.24) is 5.32 Å². The SMILES string of the molecule is COc1ccc(C(=O)N[C@@H](C)c2cc(C(C)C)c(OC)cc2C)cc1Cl. The van der Waals surface area contributed by atoms with Gasteiger partial charge < -0.3 is 14.8 Å². The number of hydrogen-bond donors (Lipinski definition) is 1. The summed E-state index contributed by atoms with van der Waals surface area (Å²) in [7, 11) is 3.22. The smallest absolute Gasteiger partial charge is 0.251 e. The molecule has 1 amide bonds. The molecule has 0 unspecified atom stereocenters. The van der Waals surface area contributed by atoms with E-state index in [9.17, 15) is 4.79 Å². The first-order valence-corrected chi connectivity index (χ1v) is 8.99. The quantitative estimate of drug-likeness (QED) is 0.747. The maximum atomic E-state index is 12.6. The maximum absolute atomic E-state index is 12.6. The van der Waals surface area contributed by atoms with Crippen LogP contribution in [0.2, 0.25) is 5.02 Å². The Morgan fingerprint density at radius 1 is 1.00 bits per heavy atom. The zero-order chi connectivity index (χ0) is 19.4. The molecule has 0 saturated carbocycles. The van der Waals surface area contributed by atoms with Gasteiger partial charge in [-0.25, -0.2) is 0 Å². The second-order valence-electron chi connectivity index (χ2n) is 6.65. The molecular formula is C21H26ClNO3. The zero-order valence-electron chi connectivity index (χ0n) is 16.1. The van der Waals surface area contributed by atoms with Gasteiger partial charge in [0, 0.05) is 5.56 Å². The van der Waals surface area contributed by atoms with E-state index in [1.54, 1.807) is 32.4 Å². The van der Waals surface area contributed by atoms with Crippen molar-refractivity contribution >= 4 is 17.5 Å². The fraction of sp³-hybridized carbons (Fsp3) is 0.381. The summed E-state index contributed by atoms with van der Waals surface area (Å²) in [5.41, 5.74) is 3.77. The Bertz CT molecular complexity index is 802. The van der Waals surface area contributed by atoms with Gasteiger partial charge in [0.2, 0.25) is 0 Å². The first kappa shape index (κ1) is 20.1. The highest BCUT2D eigenvalue weighted by Crippen LogP contribution is 2.32. The third-order valence-corrected chi connectivity index (χ3v) is 4.76. The molecule has 0 saturated heterocycles. The Balaban J connectivity index is 2.26. The number of hydrogen-bond acceptors (Lipinski definition) is 3.